The van der Waals surface area contributed by atoms with E-state index in [-0.39, 0.29) is 10.2 Å². The molecule has 0 aliphatic carbocycles. The van der Waals surface area contributed by atoms with Gasteiger partial charge < -0.3 is 20.4 Å². The Morgan fingerprint density at radius 2 is 1.83 bits per heavy atom. The third kappa shape index (κ3) is 5.44. The number of nitrogens with zero attached hydrogens (tertiary/aromatic N) is 5. The minimum atomic E-state index is -0.144. The lowest BCUT2D eigenvalue weighted by molar-refractivity contribution is 0.102. The molecule has 1 amide bonds. The van der Waals surface area contributed by atoms with E-state index in [0.717, 1.165) is 40.9 Å². The van der Waals surface area contributed by atoms with Crippen molar-refractivity contribution in [1.29, 1.82) is 0 Å². The van der Waals surface area contributed by atoms with Gasteiger partial charge in [-0.15, -0.1) is 0 Å². The van der Waals surface area contributed by atoms with Crippen LogP contribution in [0.1, 0.15) is 26.8 Å². The first kappa shape index (κ1) is 23.7. The lowest BCUT2D eigenvalue weighted by Gasteiger charge is -2.32. The Kier molecular flexibility index (Phi) is 6.77. The summed E-state index contributed by atoms with van der Waals surface area (Å²) in [5.74, 6) is 2.17. The SMILES string of the molecule is Cc1cc(Nc2cc(N3CCC3)nc(Sc3ccc(NC(=O)c4ccccc4N(C)C)cc3)n2)n[nH]1.[HH].[HH].[HH]. The number of carbonyl (C=O) groups excluding carboxylic acids is 1. The Morgan fingerprint density at radius 3 is 2.50 bits per heavy atom. The fourth-order valence-corrected chi connectivity index (χ4v) is 4.58. The van der Waals surface area contributed by atoms with Gasteiger partial charge in [0.25, 0.3) is 5.91 Å². The molecule has 1 fully saturated rings. The summed E-state index contributed by atoms with van der Waals surface area (Å²) >= 11 is 1.48. The summed E-state index contributed by atoms with van der Waals surface area (Å²) in [4.78, 5) is 27.5. The topological polar surface area (TPSA) is 102 Å². The monoisotopic (exact) mass is 506 g/mol. The van der Waals surface area contributed by atoms with Crippen molar-refractivity contribution in [3.8, 4) is 0 Å². The molecule has 0 unspecified atom stereocenters. The molecule has 0 saturated carbocycles. The van der Waals surface area contributed by atoms with Crippen LogP contribution in [0.5, 0.6) is 0 Å². The molecule has 1 saturated heterocycles. The first-order chi connectivity index (χ1) is 17.4. The number of aryl methyl sites for hydroxylation is 1. The fourth-order valence-electron chi connectivity index (χ4n) is 3.81. The predicted octanol–water partition coefficient (Wildman–Crippen LogP) is 5.67. The van der Waals surface area contributed by atoms with E-state index in [1.165, 1.54) is 18.2 Å². The summed E-state index contributed by atoms with van der Waals surface area (Å²) in [6.45, 7) is 3.94. The highest BCUT2D eigenvalue weighted by atomic mass is 32.2. The molecule has 4 aromatic rings. The van der Waals surface area contributed by atoms with Gasteiger partial charge in [0.2, 0.25) is 0 Å². The highest BCUT2D eigenvalue weighted by Gasteiger charge is 2.19. The summed E-state index contributed by atoms with van der Waals surface area (Å²) in [5, 5.41) is 14.1. The Labute approximate surface area is 218 Å². The van der Waals surface area contributed by atoms with E-state index >= 15 is 0 Å². The second kappa shape index (κ2) is 10.3. The van der Waals surface area contributed by atoms with Gasteiger partial charge in [0.05, 0.1) is 5.56 Å². The fraction of sp³-hybridized carbons (Fsp3) is 0.231. The van der Waals surface area contributed by atoms with Gasteiger partial charge in [0.1, 0.15) is 11.6 Å². The van der Waals surface area contributed by atoms with E-state index in [2.05, 4.69) is 25.7 Å². The van der Waals surface area contributed by atoms with Crippen LogP contribution in [-0.2, 0) is 0 Å². The Balaban J connectivity index is 0.00000178. The van der Waals surface area contributed by atoms with Gasteiger partial charge in [0.15, 0.2) is 11.0 Å². The van der Waals surface area contributed by atoms with Crippen molar-refractivity contribution < 1.29 is 9.07 Å². The maximum Gasteiger partial charge on any atom is 0.257 e. The molecular weight excluding hydrogens is 472 g/mol. The van der Waals surface area contributed by atoms with Crippen molar-refractivity contribution in [3.63, 3.8) is 0 Å². The minimum Gasteiger partial charge on any atom is -0.377 e. The first-order valence-electron chi connectivity index (χ1n) is 11.7. The van der Waals surface area contributed by atoms with Gasteiger partial charge in [-0.25, -0.2) is 9.97 Å². The van der Waals surface area contributed by atoms with Crippen molar-refractivity contribution in [1.82, 2.24) is 20.2 Å². The van der Waals surface area contributed by atoms with Crippen molar-refractivity contribution in [3.05, 3.63) is 71.9 Å². The maximum atomic E-state index is 12.9. The summed E-state index contributed by atoms with van der Waals surface area (Å²) < 4.78 is 0. The molecule has 36 heavy (non-hydrogen) atoms. The smallest absolute Gasteiger partial charge is 0.257 e. The molecule has 2 aromatic heterocycles. The van der Waals surface area contributed by atoms with Crippen LogP contribution in [0.2, 0.25) is 0 Å². The number of aromatic nitrogens is 4. The highest BCUT2D eigenvalue weighted by Crippen LogP contribution is 2.31. The average Bonchev–Trinajstić information content (AvgIpc) is 3.23. The predicted molar refractivity (Wildman–Crippen MR) is 151 cm³/mol. The molecule has 0 radical (unpaired) electrons. The Bertz CT molecular complexity index is 1380. The van der Waals surface area contributed by atoms with E-state index in [1.807, 2.05) is 86.6 Å². The first-order valence-corrected chi connectivity index (χ1v) is 12.5. The number of hydrogen-bond donors (Lipinski definition) is 3. The van der Waals surface area contributed by atoms with E-state index in [0.29, 0.717) is 22.4 Å². The molecule has 190 valence electrons. The molecular formula is C26H34N8OS. The molecule has 3 heterocycles. The lowest BCUT2D eigenvalue weighted by atomic mass is 10.1. The summed E-state index contributed by atoms with van der Waals surface area (Å²) in [6.07, 6.45) is 1.17. The van der Waals surface area contributed by atoms with Crippen LogP contribution >= 0.6 is 11.8 Å². The molecule has 0 spiro atoms. The van der Waals surface area contributed by atoms with Gasteiger partial charge in [-0.1, -0.05) is 12.1 Å². The van der Waals surface area contributed by atoms with E-state index in [1.54, 1.807) is 0 Å². The molecule has 2 aromatic carbocycles. The largest absolute Gasteiger partial charge is 0.377 e. The number of anilines is 5. The normalized spacial score (nSPS) is 12.7. The number of benzene rings is 2. The van der Waals surface area contributed by atoms with E-state index in [9.17, 15) is 4.79 Å². The molecule has 5 rings (SSSR count). The molecule has 1 aliphatic rings. The summed E-state index contributed by atoms with van der Waals surface area (Å²) in [5.41, 5.74) is 3.20. The molecule has 0 bridgehead atoms. The van der Waals surface area contributed by atoms with Crippen LogP contribution in [0.3, 0.4) is 0 Å². The van der Waals surface area contributed by atoms with E-state index < -0.39 is 0 Å². The van der Waals surface area contributed by atoms with Crippen LogP contribution in [0.4, 0.5) is 28.8 Å². The molecule has 1 aliphatic heterocycles. The molecule has 10 heteroatoms. The molecule has 9 nitrogen and oxygen atoms in total. The number of amides is 1. The van der Waals surface area contributed by atoms with E-state index in [4.69, 9.17) is 9.97 Å². The van der Waals surface area contributed by atoms with Gasteiger partial charge in [-0.05, 0) is 61.5 Å². The average molecular weight is 507 g/mol. The maximum absolute atomic E-state index is 12.9. The number of rotatable bonds is 8. The van der Waals surface area contributed by atoms with Crippen LogP contribution in [-0.4, -0.2) is 53.3 Å². The number of para-hydroxylation sites is 1. The van der Waals surface area contributed by atoms with Gasteiger partial charge in [-0.2, -0.15) is 5.10 Å². The highest BCUT2D eigenvalue weighted by molar-refractivity contribution is 7.99. The number of H-pyrrole nitrogens is 1. The number of hydrogen-bond acceptors (Lipinski definition) is 8. The summed E-state index contributed by atoms with van der Waals surface area (Å²) in [7, 11) is 3.85. The van der Waals surface area contributed by atoms with Crippen molar-refractivity contribution in [2.45, 2.75) is 23.4 Å². The second-order valence-corrected chi connectivity index (χ2v) is 9.83. The number of nitrogens with one attached hydrogen (secondary N) is 3. The summed E-state index contributed by atoms with van der Waals surface area (Å²) in [6, 6.07) is 19.1. The van der Waals surface area contributed by atoms with Gasteiger partial charge >= 0.3 is 0 Å². The standard InChI is InChI=1S/C26H28N8OS.3H2/c1-17-15-23(32-31-17)28-22-16-24(34-13-6-14-34)30-26(29-22)36-19-11-9-18(10-12-19)27-25(35)20-7-4-5-8-21(20)33(2)3;;;/h4-5,7-12,15-16H,6,13-14H2,1-3H3,(H,27,35)(H2,28,29,30,31,32);3*1H. The Morgan fingerprint density at radius 1 is 1.06 bits per heavy atom. The van der Waals surface area contributed by atoms with Crippen molar-refractivity contribution in [2.24, 2.45) is 0 Å². The van der Waals surface area contributed by atoms with Crippen molar-refractivity contribution >= 4 is 46.5 Å². The van der Waals surface area contributed by atoms with Gasteiger partial charge in [0, 0.05) is 65.6 Å². The van der Waals surface area contributed by atoms with Crippen LogP contribution in [0.25, 0.3) is 0 Å². The number of carbonyl (C=O) groups is 1. The minimum absolute atomic E-state index is 0. The van der Waals surface area contributed by atoms with Crippen LogP contribution < -0.4 is 20.4 Å². The van der Waals surface area contributed by atoms with Crippen LogP contribution in [0.15, 0.2) is 70.7 Å². The quantitative estimate of drug-likeness (QED) is 0.263. The lowest BCUT2D eigenvalue weighted by Crippen LogP contribution is -2.37. The second-order valence-electron chi connectivity index (χ2n) is 8.79. The third-order valence-electron chi connectivity index (χ3n) is 5.79. The zero-order valence-electron chi connectivity index (χ0n) is 20.4. The van der Waals surface area contributed by atoms with Gasteiger partial charge in [-0.3, -0.25) is 9.89 Å². The van der Waals surface area contributed by atoms with Crippen LogP contribution in [0, 0.1) is 6.92 Å². The zero-order chi connectivity index (χ0) is 25.1. The third-order valence-corrected chi connectivity index (χ3v) is 6.66. The number of aromatic amines is 1. The van der Waals surface area contributed by atoms with Crippen molar-refractivity contribution in [2.75, 3.05) is 47.6 Å². The Hall–Kier alpha value is -4.05. The zero-order valence-corrected chi connectivity index (χ0v) is 21.3. The molecule has 3 N–H and O–H groups in total. The molecule has 0 atom stereocenters.